The van der Waals surface area contributed by atoms with E-state index in [0.29, 0.717) is 16.5 Å². The van der Waals surface area contributed by atoms with Crippen LogP contribution in [0.1, 0.15) is 37.1 Å². The van der Waals surface area contributed by atoms with Crippen molar-refractivity contribution in [1.82, 2.24) is 20.2 Å². The van der Waals surface area contributed by atoms with Gasteiger partial charge in [-0.1, -0.05) is 23.7 Å². The first-order valence-electron chi connectivity index (χ1n) is 8.04. The van der Waals surface area contributed by atoms with E-state index in [1.165, 1.54) is 12.4 Å². The highest BCUT2D eigenvalue weighted by atomic mass is 35.5. The van der Waals surface area contributed by atoms with Crippen LogP contribution < -0.4 is 5.32 Å². The highest BCUT2D eigenvalue weighted by molar-refractivity contribution is 6.30. The Morgan fingerprint density at radius 1 is 1.08 bits per heavy atom. The fourth-order valence-electron chi connectivity index (χ4n) is 2.94. The number of hydrogen-bond donors (Lipinski definition) is 1. The summed E-state index contributed by atoms with van der Waals surface area (Å²) < 4.78 is 30.0. The van der Waals surface area contributed by atoms with Gasteiger partial charge in [-0.3, -0.25) is 0 Å². The normalized spacial score (nSPS) is 15.7. The number of aromatic nitrogens is 4. The van der Waals surface area contributed by atoms with Crippen molar-refractivity contribution < 1.29 is 13.2 Å². The van der Waals surface area contributed by atoms with E-state index in [1.54, 1.807) is 0 Å². The molecule has 0 atom stereocenters. The highest BCUT2D eigenvalue weighted by Gasteiger charge is 2.39. The number of hydrogen-bond acceptors (Lipinski definition) is 6. The minimum Gasteiger partial charge on any atom is -0.415 e. The Morgan fingerprint density at radius 2 is 1.77 bits per heavy atom. The zero-order valence-corrected chi connectivity index (χ0v) is 14.2. The predicted octanol–water partition coefficient (Wildman–Crippen LogP) is 4.61. The van der Waals surface area contributed by atoms with Gasteiger partial charge < -0.3 is 9.73 Å². The molecule has 1 N–H and O–H groups in total. The zero-order valence-electron chi connectivity index (χ0n) is 13.5. The van der Waals surface area contributed by atoms with Crippen LogP contribution >= 0.6 is 11.6 Å². The number of benzene rings is 1. The number of halogens is 3. The van der Waals surface area contributed by atoms with Crippen molar-refractivity contribution in [2.24, 2.45) is 0 Å². The van der Waals surface area contributed by atoms with Gasteiger partial charge in [0.1, 0.15) is 0 Å². The molecule has 1 aliphatic carbocycles. The molecule has 9 heteroatoms. The molecule has 0 aliphatic heterocycles. The van der Waals surface area contributed by atoms with Crippen LogP contribution in [0.3, 0.4) is 0 Å². The second kappa shape index (κ2) is 6.60. The largest absolute Gasteiger partial charge is 0.415 e. The van der Waals surface area contributed by atoms with E-state index in [1.807, 2.05) is 24.3 Å². The van der Waals surface area contributed by atoms with Crippen LogP contribution in [0.2, 0.25) is 5.02 Å². The monoisotopic (exact) mass is 377 g/mol. The number of rotatable bonds is 5. The molecule has 4 rings (SSSR count). The quantitative estimate of drug-likeness (QED) is 0.699. The molecule has 6 nitrogen and oxygen atoms in total. The van der Waals surface area contributed by atoms with Crippen LogP contribution in [0.5, 0.6) is 0 Å². The van der Waals surface area contributed by atoms with E-state index >= 15 is 0 Å². The molecular formula is C17H14ClF2N5O. The Hall–Kier alpha value is -2.61. The molecule has 1 saturated carbocycles. The molecule has 0 radical (unpaired) electrons. The van der Waals surface area contributed by atoms with E-state index < -0.39 is 12.3 Å². The molecule has 1 aliphatic rings. The van der Waals surface area contributed by atoms with E-state index in [4.69, 9.17) is 16.0 Å². The van der Waals surface area contributed by atoms with Crippen LogP contribution in [0, 0.1) is 0 Å². The van der Waals surface area contributed by atoms with Gasteiger partial charge >= 0.3 is 6.43 Å². The highest BCUT2D eigenvalue weighted by Crippen LogP contribution is 2.43. The van der Waals surface area contributed by atoms with Crippen molar-refractivity contribution in [3.8, 4) is 11.5 Å². The lowest BCUT2D eigenvalue weighted by atomic mass is 9.72. The molecule has 0 saturated heterocycles. The molecule has 0 unspecified atom stereocenters. The maximum Gasteiger partial charge on any atom is 0.314 e. The van der Waals surface area contributed by atoms with E-state index in [2.05, 4.69) is 25.5 Å². The number of anilines is 1. The molecule has 3 aromatic rings. The number of alkyl halides is 2. The molecule has 134 valence electrons. The van der Waals surface area contributed by atoms with E-state index in [-0.39, 0.29) is 11.4 Å². The van der Waals surface area contributed by atoms with Gasteiger partial charge in [-0.2, -0.15) is 8.78 Å². The van der Waals surface area contributed by atoms with Crippen molar-refractivity contribution in [1.29, 1.82) is 0 Å². The Bertz CT molecular complexity index is 894. The third-order valence-corrected chi connectivity index (χ3v) is 4.73. The minimum absolute atomic E-state index is 0.0390. The zero-order chi connectivity index (χ0) is 18.1. The fraction of sp³-hybridized carbons (Fsp3) is 0.294. The summed E-state index contributed by atoms with van der Waals surface area (Å²) >= 11 is 5.97. The molecule has 1 aromatic carbocycles. The van der Waals surface area contributed by atoms with Crippen LogP contribution in [0.15, 0.2) is 41.1 Å². The average molecular weight is 378 g/mol. The number of nitrogens with zero attached hydrogens (tertiary/aromatic N) is 4. The minimum atomic E-state index is -2.81. The predicted molar refractivity (Wildman–Crippen MR) is 90.9 cm³/mol. The lowest BCUT2D eigenvalue weighted by Crippen LogP contribution is -2.42. The molecule has 2 heterocycles. The molecule has 1 fully saturated rings. The summed E-state index contributed by atoms with van der Waals surface area (Å²) in [5, 5.41) is 10.9. The van der Waals surface area contributed by atoms with Gasteiger partial charge in [-0.25, -0.2) is 9.97 Å². The van der Waals surface area contributed by atoms with Crippen molar-refractivity contribution >= 4 is 17.5 Å². The van der Waals surface area contributed by atoms with Gasteiger partial charge in [0, 0.05) is 17.4 Å². The lowest BCUT2D eigenvalue weighted by molar-refractivity contribution is 0.116. The molecular weight excluding hydrogens is 364 g/mol. The molecule has 2 aromatic heterocycles. The third-order valence-electron chi connectivity index (χ3n) is 4.48. The lowest BCUT2D eigenvalue weighted by Gasteiger charge is -2.43. The van der Waals surface area contributed by atoms with Gasteiger partial charge in [-0.15, -0.1) is 10.2 Å². The van der Waals surface area contributed by atoms with Gasteiger partial charge in [0.2, 0.25) is 5.95 Å². The van der Waals surface area contributed by atoms with Crippen molar-refractivity contribution in [2.45, 2.75) is 31.2 Å². The topological polar surface area (TPSA) is 76.7 Å². The Labute approximate surface area is 152 Å². The fourth-order valence-corrected chi connectivity index (χ4v) is 3.07. The van der Waals surface area contributed by atoms with Crippen molar-refractivity contribution in [2.75, 3.05) is 5.32 Å². The number of nitrogens with one attached hydrogen (secondary N) is 1. The molecule has 0 amide bonds. The van der Waals surface area contributed by atoms with Crippen LogP contribution in [-0.4, -0.2) is 20.2 Å². The van der Waals surface area contributed by atoms with Crippen LogP contribution in [-0.2, 0) is 5.54 Å². The smallest absolute Gasteiger partial charge is 0.314 e. The summed E-state index contributed by atoms with van der Waals surface area (Å²) in [5.74, 6) is -0.321. The third kappa shape index (κ3) is 3.12. The van der Waals surface area contributed by atoms with Gasteiger partial charge in [0.25, 0.3) is 11.8 Å². The van der Waals surface area contributed by atoms with Crippen LogP contribution in [0.25, 0.3) is 11.5 Å². The first kappa shape index (κ1) is 16.8. The van der Waals surface area contributed by atoms with E-state index in [9.17, 15) is 8.78 Å². The summed E-state index contributed by atoms with van der Waals surface area (Å²) in [6.07, 6.45) is 3.14. The second-order valence-electron chi connectivity index (χ2n) is 6.11. The van der Waals surface area contributed by atoms with Crippen molar-refractivity contribution in [3.05, 3.63) is 53.1 Å². The Morgan fingerprint density at radius 3 is 2.31 bits per heavy atom. The molecule has 26 heavy (non-hydrogen) atoms. The van der Waals surface area contributed by atoms with Gasteiger partial charge in [0.05, 0.1) is 11.1 Å². The average Bonchev–Trinajstić information content (AvgIpc) is 3.10. The SMILES string of the molecule is FC(F)c1nnc(-c2cnc(NC3(c4ccc(Cl)cc4)CCC3)nc2)o1. The summed E-state index contributed by atoms with van der Waals surface area (Å²) in [6.45, 7) is 0. The summed E-state index contributed by atoms with van der Waals surface area (Å²) in [7, 11) is 0. The first-order valence-corrected chi connectivity index (χ1v) is 8.42. The van der Waals surface area contributed by atoms with Crippen LogP contribution in [0.4, 0.5) is 14.7 Å². The van der Waals surface area contributed by atoms with Gasteiger partial charge in [-0.05, 0) is 37.0 Å². The Kier molecular flexibility index (Phi) is 4.28. The maximum absolute atomic E-state index is 12.5. The summed E-state index contributed by atoms with van der Waals surface area (Å²) in [5.41, 5.74) is 1.28. The second-order valence-corrected chi connectivity index (χ2v) is 6.55. The van der Waals surface area contributed by atoms with Crippen molar-refractivity contribution in [3.63, 3.8) is 0 Å². The molecule has 0 bridgehead atoms. The van der Waals surface area contributed by atoms with E-state index in [0.717, 1.165) is 24.8 Å². The first-order chi connectivity index (χ1) is 12.6. The standard InChI is InChI=1S/C17H14ClF2N5O/c18-12-4-2-11(3-5-12)17(6-1-7-17)23-16-21-8-10(9-22-16)14-24-25-15(26-14)13(19)20/h2-5,8-9,13H,1,6-7H2,(H,21,22,23). The summed E-state index contributed by atoms with van der Waals surface area (Å²) in [4.78, 5) is 8.51. The summed E-state index contributed by atoms with van der Waals surface area (Å²) in [6, 6.07) is 7.71. The molecule has 0 spiro atoms. The maximum atomic E-state index is 12.5. The Balaban J connectivity index is 1.54. The van der Waals surface area contributed by atoms with Gasteiger partial charge in [0.15, 0.2) is 0 Å².